The summed E-state index contributed by atoms with van der Waals surface area (Å²) in [7, 11) is 0. The first-order valence-corrected chi connectivity index (χ1v) is 7.76. The predicted molar refractivity (Wildman–Crippen MR) is 78.7 cm³/mol. The summed E-state index contributed by atoms with van der Waals surface area (Å²) in [6.07, 6.45) is 2.11. The second-order valence-corrected chi connectivity index (χ2v) is 6.06. The van der Waals surface area contributed by atoms with Gasteiger partial charge in [-0.05, 0) is 46.8 Å². The zero-order valence-electron chi connectivity index (χ0n) is 10.2. The Hall–Kier alpha value is -1.60. The van der Waals surface area contributed by atoms with E-state index in [9.17, 15) is 4.79 Å². The Balaban J connectivity index is 1.71. The average Bonchev–Trinajstić information content (AvgIpc) is 2.92. The van der Waals surface area contributed by atoms with Crippen LogP contribution in [0.1, 0.15) is 28.8 Å². The molecule has 0 saturated heterocycles. The van der Waals surface area contributed by atoms with Gasteiger partial charge in [0.05, 0.1) is 0 Å². The van der Waals surface area contributed by atoms with E-state index in [0.29, 0.717) is 24.0 Å². The van der Waals surface area contributed by atoms with Gasteiger partial charge in [-0.25, -0.2) is 0 Å². The van der Waals surface area contributed by atoms with Gasteiger partial charge in [0.2, 0.25) is 0 Å². The maximum atomic E-state index is 12.1. The molecule has 0 spiro atoms. The molecule has 0 radical (unpaired) electrons. The first-order chi connectivity index (χ1) is 9.24. The molecule has 1 saturated carbocycles. The van der Waals surface area contributed by atoms with Crippen molar-refractivity contribution in [2.45, 2.75) is 25.4 Å². The third kappa shape index (κ3) is 2.87. The van der Waals surface area contributed by atoms with E-state index in [0.717, 1.165) is 17.8 Å². The monoisotopic (exact) mass is 294 g/mol. The molecule has 0 bridgehead atoms. The van der Waals surface area contributed by atoms with Gasteiger partial charge in [0.25, 0.3) is 5.91 Å². The minimum absolute atomic E-state index is 0.124. The largest absolute Gasteiger partial charge is 0.382 e. The maximum absolute atomic E-state index is 12.1. The van der Waals surface area contributed by atoms with Crippen molar-refractivity contribution >= 4 is 39.6 Å². The fourth-order valence-corrected chi connectivity index (χ4v) is 3.08. The van der Waals surface area contributed by atoms with E-state index in [2.05, 4.69) is 20.4 Å². The number of rotatable bonds is 5. The number of anilines is 2. The lowest BCUT2D eigenvalue weighted by Gasteiger charge is -2.06. The van der Waals surface area contributed by atoms with Crippen LogP contribution in [0.2, 0.25) is 0 Å². The van der Waals surface area contributed by atoms with Crippen LogP contribution < -0.4 is 16.4 Å². The molecule has 0 atom stereocenters. The van der Waals surface area contributed by atoms with Crippen molar-refractivity contribution in [1.29, 1.82) is 0 Å². The van der Waals surface area contributed by atoms with E-state index in [1.165, 1.54) is 17.1 Å². The average molecular weight is 294 g/mol. The van der Waals surface area contributed by atoms with Crippen molar-refractivity contribution in [2.24, 2.45) is 0 Å². The van der Waals surface area contributed by atoms with E-state index < -0.39 is 0 Å². The van der Waals surface area contributed by atoms with Gasteiger partial charge in [-0.15, -0.1) is 0 Å². The summed E-state index contributed by atoms with van der Waals surface area (Å²) in [4.78, 5) is 12.1. The van der Waals surface area contributed by atoms with Gasteiger partial charge < -0.3 is 16.4 Å². The van der Waals surface area contributed by atoms with Crippen LogP contribution in [0.15, 0.2) is 16.8 Å². The molecule has 0 unspecified atom stereocenters. The fraction of sp³-hybridized carbons (Fsp3) is 0.333. The Labute approximate surface area is 119 Å². The summed E-state index contributed by atoms with van der Waals surface area (Å²) >= 11 is 2.88. The van der Waals surface area contributed by atoms with E-state index in [1.807, 2.05) is 11.4 Å². The van der Waals surface area contributed by atoms with Crippen molar-refractivity contribution in [2.75, 3.05) is 11.1 Å². The third-order valence-corrected chi connectivity index (χ3v) is 4.44. The Bertz CT molecular complexity index is 575. The van der Waals surface area contributed by atoms with Crippen molar-refractivity contribution in [3.05, 3.63) is 28.0 Å². The summed E-state index contributed by atoms with van der Waals surface area (Å²) in [5.74, 6) is 0.178. The molecule has 2 aromatic heterocycles. The van der Waals surface area contributed by atoms with Crippen LogP contribution in [-0.2, 0) is 6.54 Å². The van der Waals surface area contributed by atoms with Crippen molar-refractivity contribution < 1.29 is 4.79 Å². The first kappa shape index (κ1) is 12.4. The smallest absolute Gasteiger partial charge is 0.258 e. The Morgan fingerprint density at radius 1 is 1.53 bits per heavy atom. The number of nitrogens with two attached hydrogens (primary N) is 1. The SMILES string of the molecule is Nc1nsc(NCc2ccsc2)c1C(=O)NC1CC1. The highest BCUT2D eigenvalue weighted by Gasteiger charge is 2.27. The Kier molecular flexibility index (Phi) is 3.39. The number of hydrogen-bond acceptors (Lipinski definition) is 6. The van der Waals surface area contributed by atoms with Gasteiger partial charge in [-0.1, -0.05) is 0 Å². The minimum atomic E-state index is -0.124. The minimum Gasteiger partial charge on any atom is -0.382 e. The highest BCUT2D eigenvalue weighted by molar-refractivity contribution is 7.11. The molecule has 3 rings (SSSR count). The van der Waals surface area contributed by atoms with E-state index in [-0.39, 0.29) is 5.91 Å². The molecular weight excluding hydrogens is 280 g/mol. The second kappa shape index (κ2) is 5.18. The number of nitrogen functional groups attached to an aromatic ring is 1. The molecule has 4 N–H and O–H groups in total. The summed E-state index contributed by atoms with van der Waals surface area (Å²) in [5.41, 5.74) is 7.45. The van der Waals surface area contributed by atoms with Crippen LogP contribution in [0.3, 0.4) is 0 Å². The number of thiophene rings is 1. The highest BCUT2D eigenvalue weighted by Crippen LogP contribution is 2.29. The number of nitrogens with zero attached hydrogens (tertiary/aromatic N) is 1. The standard InChI is InChI=1S/C12H14N4OS2/c13-10-9(11(17)15-8-1-2-8)12(19-16-10)14-5-7-3-4-18-6-7/h3-4,6,8,14H,1-2,5H2,(H2,13,16)(H,15,17). The molecule has 1 aliphatic rings. The molecule has 2 aromatic rings. The molecule has 19 heavy (non-hydrogen) atoms. The fourth-order valence-electron chi connectivity index (χ4n) is 1.70. The van der Waals surface area contributed by atoms with E-state index in [1.54, 1.807) is 11.3 Å². The van der Waals surface area contributed by atoms with Gasteiger partial charge in [-0.2, -0.15) is 15.7 Å². The molecule has 1 fully saturated rings. The molecular formula is C12H14N4OS2. The third-order valence-electron chi connectivity index (χ3n) is 2.89. The topological polar surface area (TPSA) is 80.0 Å². The van der Waals surface area contributed by atoms with Crippen molar-refractivity contribution in [1.82, 2.24) is 9.69 Å². The zero-order valence-corrected chi connectivity index (χ0v) is 11.8. The number of amides is 1. The van der Waals surface area contributed by atoms with Crippen LogP contribution in [0, 0.1) is 0 Å². The lowest BCUT2D eigenvalue weighted by molar-refractivity contribution is 0.0953. The van der Waals surface area contributed by atoms with Crippen LogP contribution >= 0.6 is 22.9 Å². The number of hydrogen-bond donors (Lipinski definition) is 3. The summed E-state index contributed by atoms with van der Waals surface area (Å²) in [5, 5.41) is 11.0. The molecule has 1 amide bonds. The molecule has 5 nitrogen and oxygen atoms in total. The van der Waals surface area contributed by atoms with Gasteiger partial charge in [-0.3, -0.25) is 4.79 Å². The normalized spacial score (nSPS) is 14.3. The van der Waals surface area contributed by atoms with Crippen molar-refractivity contribution in [3.8, 4) is 0 Å². The van der Waals surface area contributed by atoms with Crippen LogP contribution in [0.25, 0.3) is 0 Å². The highest BCUT2D eigenvalue weighted by atomic mass is 32.1. The molecule has 1 aliphatic carbocycles. The van der Waals surface area contributed by atoms with Gasteiger partial charge in [0, 0.05) is 12.6 Å². The predicted octanol–water partition coefficient (Wildman–Crippen LogP) is 2.29. The second-order valence-electron chi connectivity index (χ2n) is 4.50. The maximum Gasteiger partial charge on any atom is 0.258 e. The molecule has 100 valence electrons. The summed E-state index contributed by atoms with van der Waals surface area (Å²) in [6.45, 7) is 0.675. The molecule has 2 heterocycles. The molecule has 0 aliphatic heterocycles. The Morgan fingerprint density at radius 3 is 3.05 bits per heavy atom. The van der Waals surface area contributed by atoms with Crippen LogP contribution in [0.5, 0.6) is 0 Å². The summed E-state index contributed by atoms with van der Waals surface area (Å²) < 4.78 is 4.06. The van der Waals surface area contributed by atoms with Crippen LogP contribution in [0.4, 0.5) is 10.8 Å². The zero-order chi connectivity index (χ0) is 13.2. The van der Waals surface area contributed by atoms with Crippen LogP contribution in [-0.4, -0.2) is 16.3 Å². The summed E-state index contributed by atoms with van der Waals surface area (Å²) in [6, 6.07) is 2.36. The van der Waals surface area contributed by atoms with E-state index >= 15 is 0 Å². The quantitative estimate of drug-likeness (QED) is 0.790. The van der Waals surface area contributed by atoms with Crippen molar-refractivity contribution in [3.63, 3.8) is 0 Å². The van der Waals surface area contributed by atoms with Gasteiger partial charge in [0.15, 0.2) is 5.82 Å². The molecule has 0 aromatic carbocycles. The lowest BCUT2D eigenvalue weighted by Crippen LogP contribution is -2.26. The first-order valence-electron chi connectivity index (χ1n) is 6.05. The van der Waals surface area contributed by atoms with Gasteiger partial charge in [0.1, 0.15) is 10.6 Å². The Morgan fingerprint density at radius 2 is 2.37 bits per heavy atom. The lowest BCUT2D eigenvalue weighted by atomic mass is 10.2. The molecule has 7 heteroatoms. The van der Waals surface area contributed by atoms with Gasteiger partial charge >= 0.3 is 0 Å². The van der Waals surface area contributed by atoms with E-state index in [4.69, 9.17) is 5.73 Å². The number of aromatic nitrogens is 1. The number of carbonyl (C=O) groups is 1. The number of nitrogens with one attached hydrogen (secondary N) is 2. The number of carbonyl (C=O) groups excluding carboxylic acids is 1.